The van der Waals surface area contributed by atoms with E-state index in [-0.39, 0.29) is 11.6 Å². The molecule has 0 saturated carbocycles. The van der Waals surface area contributed by atoms with E-state index in [1.54, 1.807) is 11.2 Å². The molecule has 3 heterocycles. The van der Waals surface area contributed by atoms with Crippen LogP contribution in [-0.4, -0.2) is 56.4 Å². The highest BCUT2D eigenvalue weighted by Crippen LogP contribution is 2.37. The van der Waals surface area contributed by atoms with Crippen molar-refractivity contribution < 1.29 is 9.72 Å². The Hall–Kier alpha value is -5.05. The lowest BCUT2D eigenvalue weighted by atomic mass is 10.1. The van der Waals surface area contributed by atoms with Gasteiger partial charge in [-0.05, 0) is 42.3 Å². The molecule has 0 spiro atoms. The third-order valence-electron chi connectivity index (χ3n) is 7.12. The number of nitro benzene ring substituents is 1. The Morgan fingerprint density at radius 1 is 0.897 bits per heavy atom. The Morgan fingerprint density at radius 3 is 2.33 bits per heavy atom. The zero-order valence-corrected chi connectivity index (χ0v) is 21.4. The normalized spacial score (nSPS) is 13.6. The molecule has 5 aromatic rings. The van der Waals surface area contributed by atoms with Crippen LogP contribution in [0.4, 0.5) is 11.5 Å². The number of rotatable bonds is 5. The molecule has 1 fully saturated rings. The van der Waals surface area contributed by atoms with Crippen LogP contribution in [-0.2, 0) is 0 Å². The first-order valence-electron chi connectivity index (χ1n) is 12.8. The molecule has 0 aliphatic carbocycles. The fourth-order valence-electron chi connectivity index (χ4n) is 5.13. The Labute approximate surface area is 225 Å². The average molecular weight is 519 g/mol. The van der Waals surface area contributed by atoms with Gasteiger partial charge in [0.05, 0.1) is 10.3 Å². The van der Waals surface area contributed by atoms with Crippen LogP contribution >= 0.6 is 0 Å². The summed E-state index contributed by atoms with van der Waals surface area (Å²) in [6.45, 7) is 4.32. The molecule has 0 atom stereocenters. The number of fused-ring (bicyclic) bond motifs is 1. The van der Waals surface area contributed by atoms with Crippen molar-refractivity contribution in [3.63, 3.8) is 0 Å². The van der Waals surface area contributed by atoms with Crippen molar-refractivity contribution in [3.05, 3.63) is 113 Å². The zero-order chi connectivity index (χ0) is 26.9. The number of anilines is 1. The van der Waals surface area contributed by atoms with Crippen LogP contribution in [0.3, 0.4) is 0 Å². The molecule has 9 heteroatoms. The molecule has 2 aromatic heterocycles. The van der Waals surface area contributed by atoms with Gasteiger partial charge >= 0.3 is 0 Å². The maximum absolute atomic E-state index is 13.1. The predicted octanol–water partition coefficient (Wildman–Crippen LogP) is 5.27. The second-order valence-electron chi connectivity index (χ2n) is 9.60. The lowest BCUT2D eigenvalue weighted by Gasteiger charge is -2.35. The number of nitro groups is 1. The number of hydrogen-bond acceptors (Lipinski definition) is 6. The molecule has 0 radical (unpaired) electrons. The first-order valence-corrected chi connectivity index (χ1v) is 12.8. The SMILES string of the molecule is Cc1cccc(-n2cc(-c3ccccc3)c3c(N4CCN(C(=O)c5ccc([N+](=O)[O-])cc5)CC4)ncnc32)c1. The average Bonchev–Trinajstić information content (AvgIpc) is 3.37. The summed E-state index contributed by atoms with van der Waals surface area (Å²) in [4.78, 5) is 37.0. The number of aromatic nitrogens is 3. The molecule has 1 aliphatic rings. The van der Waals surface area contributed by atoms with Gasteiger partial charge in [0, 0.05) is 61.3 Å². The first kappa shape index (κ1) is 24.3. The van der Waals surface area contributed by atoms with E-state index in [0.29, 0.717) is 31.7 Å². The van der Waals surface area contributed by atoms with Crippen molar-refractivity contribution in [2.24, 2.45) is 0 Å². The minimum absolute atomic E-state index is 0.0315. The fourth-order valence-corrected chi connectivity index (χ4v) is 5.13. The maximum atomic E-state index is 13.1. The number of non-ortho nitro benzene ring substituents is 1. The van der Waals surface area contributed by atoms with Gasteiger partial charge in [0.25, 0.3) is 11.6 Å². The third-order valence-corrected chi connectivity index (χ3v) is 7.12. The Balaban J connectivity index is 1.33. The third kappa shape index (κ3) is 4.59. The lowest BCUT2D eigenvalue weighted by molar-refractivity contribution is -0.384. The van der Waals surface area contributed by atoms with E-state index < -0.39 is 4.92 Å². The van der Waals surface area contributed by atoms with Crippen LogP contribution in [0.2, 0.25) is 0 Å². The van der Waals surface area contributed by atoms with E-state index in [1.807, 2.05) is 24.3 Å². The molecule has 0 bridgehead atoms. The summed E-state index contributed by atoms with van der Waals surface area (Å²) in [5.41, 5.74) is 5.57. The summed E-state index contributed by atoms with van der Waals surface area (Å²) in [6, 6.07) is 24.3. The smallest absolute Gasteiger partial charge is 0.269 e. The van der Waals surface area contributed by atoms with Gasteiger partial charge in [-0.2, -0.15) is 0 Å². The zero-order valence-electron chi connectivity index (χ0n) is 21.4. The molecule has 1 aliphatic heterocycles. The molecule has 194 valence electrons. The quantitative estimate of drug-likeness (QED) is 0.232. The van der Waals surface area contributed by atoms with Gasteiger partial charge in [-0.1, -0.05) is 42.5 Å². The van der Waals surface area contributed by atoms with Crippen LogP contribution in [0, 0.1) is 17.0 Å². The van der Waals surface area contributed by atoms with E-state index in [4.69, 9.17) is 9.97 Å². The molecule has 39 heavy (non-hydrogen) atoms. The molecule has 1 saturated heterocycles. The van der Waals surface area contributed by atoms with Gasteiger partial charge in [0.2, 0.25) is 0 Å². The lowest BCUT2D eigenvalue weighted by Crippen LogP contribution is -2.49. The number of hydrogen-bond donors (Lipinski definition) is 0. The van der Waals surface area contributed by atoms with Crippen LogP contribution in [0.25, 0.3) is 27.8 Å². The highest BCUT2D eigenvalue weighted by molar-refractivity contribution is 6.02. The molecule has 1 amide bonds. The van der Waals surface area contributed by atoms with Crippen LogP contribution in [0.1, 0.15) is 15.9 Å². The highest BCUT2D eigenvalue weighted by atomic mass is 16.6. The standard InChI is InChI=1S/C30H26N6O3/c1-21-6-5-9-25(18-21)35-19-26(22-7-3-2-4-8-22)27-28(31-20-32-29(27)35)33-14-16-34(17-15-33)30(37)23-10-12-24(13-11-23)36(38)39/h2-13,18-20H,14-17H2,1H3. The number of aryl methyl sites for hydroxylation is 1. The number of carbonyl (C=O) groups excluding carboxylic acids is 1. The summed E-state index contributed by atoms with van der Waals surface area (Å²) in [5.74, 6) is 0.709. The minimum atomic E-state index is -0.467. The van der Waals surface area contributed by atoms with E-state index in [0.717, 1.165) is 33.7 Å². The van der Waals surface area contributed by atoms with Gasteiger partial charge < -0.3 is 14.4 Å². The highest BCUT2D eigenvalue weighted by Gasteiger charge is 2.26. The molecule has 6 rings (SSSR count). The van der Waals surface area contributed by atoms with Gasteiger partial charge in [-0.15, -0.1) is 0 Å². The summed E-state index contributed by atoms with van der Waals surface area (Å²) in [6.07, 6.45) is 3.73. The number of benzene rings is 3. The molecule has 3 aromatic carbocycles. The Bertz CT molecular complexity index is 1670. The molecule has 9 nitrogen and oxygen atoms in total. The van der Waals surface area contributed by atoms with Crippen molar-refractivity contribution in [2.45, 2.75) is 6.92 Å². The maximum Gasteiger partial charge on any atom is 0.269 e. The van der Waals surface area contributed by atoms with Crippen molar-refractivity contribution in [3.8, 4) is 16.8 Å². The number of piperazine rings is 1. The molecular weight excluding hydrogens is 492 g/mol. The van der Waals surface area contributed by atoms with Crippen LogP contribution in [0.15, 0.2) is 91.4 Å². The largest absolute Gasteiger partial charge is 0.352 e. The summed E-state index contributed by atoms with van der Waals surface area (Å²) in [7, 11) is 0. The molecule has 0 unspecified atom stereocenters. The van der Waals surface area contributed by atoms with Crippen molar-refractivity contribution in [2.75, 3.05) is 31.1 Å². The Morgan fingerprint density at radius 2 is 1.64 bits per heavy atom. The van der Waals surface area contributed by atoms with Crippen LogP contribution < -0.4 is 4.90 Å². The van der Waals surface area contributed by atoms with E-state index in [1.165, 1.54) is 29.8 Å². The summed E-state index contributed by atoms with van der Waals surface area (Å²) < 4.78 is 2.12. The fraction of sp³-hybridized carbons (Fsp3) is 0.167. The second-order valence-corrected chi connectivity index (χ2v) is 9.60. The van der Waals surface area contributed by atoms with Crippen molar-refractivity contribution in [1.29, 1.82) is 0 Å². The Kier molecular flexibility index (Phi) is 6.24. The number of nitrogens with zero attached hydrogens (tertiary/aromatic N) is 6. The van der Waals surface area contributed by atoms with E-state index in [2.05, 4.69) is 52.9 Å². The van der Waals surface area contributed by atoms with Gasteiger partial charge in [-0.25, -0.2) is 9.97 Å². The predicted molar refractivity (Wildman–Crippen MR) is 150 cm³/mol. The van der Waals surface area contributed by atoms with E-state index in [9.17, 15) is 14.9 Å². The summed E-state index contributed by atoms with van der Waals surface area (Å²) >= 11 is 0. The second kappa shape index (κ2) is 10.0. The summed E-state index contributed by atoms with van der Waals surface area (Å²) in [5, 5.41) is 11.9. The van der Waals surface area contributed by atoms with Gasteiger partial charge in [0.1, 0.15) is 12.1 Å². The number of amides is 1. The van der Waals surface area contributed by atoms with Gasteiger partial charge in [-0.3, -0.25) is 14.9 Å². The first-order chi connectivity index (χ1) is 19.0. The minimum Gasteiger partial charge on any atom is -0.352 e. The molecule has 0 N–H and O–H groups in total. The topological polar surface area (TPSA) is 97.4 Å². The van der Waals surface area contributed by atoms with Gasteiger partial charge in [0.15, 0.2) is 5.65 Å². The monoisotopic (exact) mass is 518 g/mol. The number of carbonyl (C=O) groups is 1. The van der Waals surface area contributed by atoms with Crippen molar-refractivity contribution >= 4 is 28.4 Å². The molecular formula is C30H26N6O3. The van der Waals surface area contributed by atoms with Crippen molar-refractivity contribution in [1.82, 2.24) is 19.4 Å². The van der Waals surface area contributed by atoms with Crippen LogP contribution in [0.5, 0.6) is 0 Å². The van der Waals surface area contributed by atoms with E-state index >= 15 is 0 Å².